The van der Waals surface area contributed by atoms with Crippen LogP contribution < -0.4 is 19.1 Å². The number of amides is 1. The van der Waals surface area contributed by atoms with E-state index in [9.17, 15) is 22.4 Å². The predicted molar refractivity (Wildman–Crippen MR) is 134 cm³/mol. The van der Waals surface area contributed by atoms with E-state index in [0.29, 0.717) is 0 Å². The van der Waals surface area contributed by atoms with Crippen LogP contribution in [0.3, 0.4) is 0 Å². The van der Waals surface area contributed by atoms with Crippen molar-refractivity contribution in [3.05, 3.63) is 42.2 Å². The number of carbonyl (C=O) groups excluding carboxylic acids is 1. The number of carbonyl (C=O) groups is 2. The molecule has 37 heavy (non-hydrogen) atoms. The molecule has 1 aliphatic rings. The van der Waals surface area contributed by atoms with Crippen LogP contribution in [0, 0.1) is 11.2 Å². The van der Waals surface area contributed by atoms with Gasteiger partial charge >= 0.3 is 12.1 Å². The standard InChI is InChI=1S/C25H31FN2O8S/c1-15(25(2,3)4)35-24(31)27-16-6-10-21-20(12-16)28(14-17(36-21)7-11-23(29)30)37(32,33)18-8-9-19(26)22(13-18)34-5/h6,8-10,12-13,15,17H,7,11,14H2,1-5H3,(H,27,31)(H,29,30)/t15-,17?/m1/s1. The molecule has 1 amide bonds. The van der Waals surface area contributed by atoms with Crippen LogP contribution >= 0.6 is 0 Å². The average molecular weight is 539 g/mol. The highest BCUT2D eigenvalue weighted by molar-refractivity contribution is 7.92. The molecule has 0 fully saturated rings. The van der Waals surface area contributed by atoms with Crippen molar-refractivity contribution in [2.24, 2.45) is 5.41 Å². The summed E-state index contributed by atoms with van der Waals surface area (Å²) in [6.07, 6.45) is -2.03. The Bertz CT molecular complexity index is 1280. The van der Waals surface area contributed by atoms with Crippen LogP contribution in [0.5, 0.6) is 11.5 Å². The Labute approximate surface area is 215 Å². The molecule has 0 aliphatic carbocycles. The van der Waals surface area contributed by atoms with Crippen molar-refractivity contribution in [2.75, 3.05) is 23.3 Å². The van der Waals surface area contributed by atoms with Gasteiger partial charge in [0.25, 0.3) is 10.0 Å². The molecule has 12 heteroatoms. The summed E-state index contributed by atoms with van der Waals surface area (Å²) in [4.78, 5) is 23.3. The zero-order valence-corrected chi connectivity index (χ0v) is 22.1. The van der Waals surface area contributed by atoms with Crippen LogP contribution in [-0.4, -0.2) is 51.4 Å². The van der Waals surface area contributed by atoms with Crippen molar-refractivity contribution in [1.82, 2.24) is 0 Å². The fourth-order valence-corrected chi connectivity index (χ4v) is 4.98. The number of anilines is 2. The molecule has 202 valence electrons. The molecule has 0 saturated carbocycles. The summed E-state index contributed by atoms with van der Waals surface area (Å²) in [6, 6.07) is 7.59. The van der Waals surface area contributed by atoms with E-state index in [-0.39, 0.29) is 52.6 Å². The Hall–Kier alpha value is -3.54. The highest BCUT2D eigenvalue weighted by Gasteiger charge is 2.35. The van der Waals surface area contributed by atoms with Crippen molar-refractivity contribution in [3.63, 3.8) is 0 Å². The number of ether oxygens (including phenoxy) is 3. The number of nitrogens with one attached hydrogen (secondary N) is 1. The number of sulfonamides is 1. The number of hydrogen-bond donors (Lipinski definition) is 2. The Morgan fingerprint density at radius 1 is 1.24 bits per heavy atom. The Morgan fingerprint density at radius 2 is 1.95 bits per heavy atom. The first kappa shape index (κ1) is 28.0. The van der Waals surface area contributed by atoms with Gasteiger partial charge in [0.1, 0.15) is 18.0 Å². The molecule has 1 unspecified atom stereocenters. The van der Waals surface area contributed by atoms with E-state index in [1.54, 1.807) is 6.92 Å². The van der Waals surface area contributed by atoms with Gasteiger partial charge < -0.3 is 19.3 Å². The van der Waals surface area contributed by atoms with Crippen LogP contribution in [-0.2, 0) is 19.6 Å². The lowest BCUT2D eigenvalue weighted by Gasteiger charge is -2.35. The fourth-order valence-electron chi connectivity index (χ4n) is 3.46. The summed E-state index contributed by atoms with van der Waals surface area (Å²) < 4.78 is 58.6. The van der Waals surface area contributed by atoms with Gasteiger partial charge in [0.05, 0.1) is 24.2 Å². The third kappa shape index (κ3) is 6.62. The lowest BCUT2D eigenvalue weighted by molar-refractivity contribution is -0.137. The number of nitrogens with zero attached hydrogens (tertiary/aromatic N) is 1. The molecule has 0 saturated heterocycles. The maximum absolute atomic E-state index is 14.0. The molecular weight excluding hydrogens is 507 g/mol. The lowest BCUT2D eigenvalue weighted by atomic mass is 9.90. The number of carboxylic acids is 1. The summed E-state index contributed by atoms with van der Waals surface area (Å²) in [7, 11) is -3.04. The molecule has 0 radical (unpaired) electrons. The maximum Gasteiger partial charge on any atom is 0.411 e. The van der Waals surface area contributed by atoms with Crippen molar-refractivity contribution in [1.29, 1.82) is 0 Å². The Balaban J connectivity index is 1.98. The summed E-state index contributed by atoms with van der Waals surface area (Å²) in [5.41, 5.74) is 0.0958. The quantitative estimate of drug-likeness (QED) is 0.497. The molecule has 3 rings (SSSR count). The predicted octanol–water partition coefficient (Wildman–Crippen LogP) is 4.64. The molecule has 2 aromatic carbocycles. The van der Waals surface area contributed by atoms with Gasteiger partial charge in [-0.05, 0) is 49.1 Å². The number of halogens is 1. The normalized spacial score (nSPS) is 16.3. The minimum absolute atomic E-state index is 0.0601. The zero-order chi connectivity index (χ0) is 27.5. The van der Waals surface area contributed by atoms with E-state index in [0.717, 1.165) is 22.5 Å². The third-order valence-corrected chi connectivity index (χ3v) is 7.81. The first-order valence-corrected chi connectivity index (χ1v) is 13.0. The topological polar surface area (TPSA) is 131 Å². The van der Waals surface area contributed by atoms with Crippen LogP contribution in [0.25, 0.3) is 0 Å². The molecule has 0 spiro atoms. The van der Waals surface area contributed by atoms with Gasteiger partial charge in [-0.25, -0.2) is 17.6 Å². The van der Waals surface area contributed by atoms with E-state index in [1.165, 1.54) is 25.3 Å². The second-order valence-corrected chi connectivity index (χ2v) is 11.6. The smallest absolute Gasteiger partial charge is 0.411 e. The summed E-state index contributed by atoms with van der Waals surface area (Å²) in [5, 5.41) is 11.7. The first-order chi connectivity index (χ1) is 17.2. The number of benzene rings is 2. The molecule has 0 aromatic heterocycles. The van der Waals surface area contributed by atoms with Gasteiger partial charge in [-0.3, -0.25) is 14.4 Å². The van der Waals surface area contributed by atoms with Crippen LogP contribution in [0.1, 0.15) is 40.5 Å². The Morgan fingerprint density at radius 3 is 2.57 bits per heavy atom. The van der Waals surface area contributed by atoms with Crippen molar-refractivity contribution < 1.29 is 41.7 Å². The summed E-state index contributed by atoms with van der Waals surface area (Å²) >= 11 is 0. The first-order valence-electron chi connectivity index (χ1n) is 11.6. The fraction of sp³-hybridized carbons (Fsp3) is 0.440. The van der Waals surface area contributed by atoms with E-state index < -0.39 is 40.1 Å². The zero-order valence-electron chi connectivity index (χ0n) is 21.3. The van der Waals surface area contributed by atoms with Gasteiger partial charge in [0, 0.05) is 18.2 Å². The van der Waals surface area contributed by atoms with Gasteiger partial charge in [-0.1, -0.05) is 20.8 Å². The number of fused-ring (bicyclic) bond motifs is 1. The molecule has 0 bridgehead atoms. The molecule has 2 atom stereocenters. The number of hydrogen-bond acceptors (Lipinski definition) is 7. The minimum Gasteiger partial charge on any atom is -0.494 e. The lowest BCUT2D eigenvalue weighted by Crippen LogP contribution is -2.43. The number of carboxylic acid groups (broad SMARTS) is 1. The summed E-state index contributed by atoms with van der Waals surface area (Å²) in [6.45, 7) is 7.35. The summed E-state index contributed by atoms with van der Waals surface area (Å²) in [5.74, 6) is -1.84. The Kier molecular flexibility index (Phi) is 8.21. The van der Waals surface area contributed by atoms with Crippen molar-refractivity contribution in [3.8, 4) is 11.5 Å². The van der Waals surface area contributed by atoms with Gasteiger partial charge in [0.15, 0.2) is 11.6 Å². The van der Waals surface area contributed by atoms with E-state index in [2.05, 4.69) is 5.32 Å². The largest absolute Gasteiger partial charge is 0.494 e. The number of rotatable bonds is 8. The minimum atomic E-state index is -4.26. The SMILES string of the molecule is COc1cc(S(=O)(=O)N2CC(CCC(=O)O)Oc3ccc(NC(=O)O[C@H](C)C(C)(C)C)cc32)ccc1F. The monoisotopic (exact) mass is 538 g/mol. The molecule has 10 nitrogen and oxygen atoms in total. The molecule has 2 aromatic rings. The van der Waals surface area contributed by atoms with Crippen LogP contribution in [0.2, 0.25) is 0 Å². The molecule has 1 aliphatic heterocycles. The van der Waals surface area contributed by atoms with Crippen LogP contribution in [0.15, 0.2) is 41.3 Å². The highest BCUT2D eigenvalue weighted by atomic mass is 32.2. The maximum atomic E-state index is 14.0. The van der Waals surface area contributed by atoms with Crippen LogP contribution in [0.4, 0.5) is 20.6 Å². The van der Waals surface area contributed by atoms with Crippen molar-refractivity contribution in [2.45, 2.75) is 57.6 Å². The van der Waals surface area contributed by atoms with Crippen molar-refractivity contribution >= 4 is 33.5 Å². The van der Waals surface area contributed by atoms with Gasteiger partial charge in [-0.2, -0.15) is 0 Å². The number of methoxy groups -OCH3 is 1. The van der Waals surface area contributed by atoms with E-state index >= 15 is 0 Å². The van der Waals surface area contributed by atoms with E-state index in [4.69, 9.17) is 19.3 Å². The second kappa shape index (κ2) is 10.8. The molecule has 2 N–H and O–H groups in total. The average Bonchev–Trinajstić information content (AvgIpc) is 2.81. The van der Waals surface area contributed by atoms with Gasteiger partial charge in [0.2, 0.25) is 0 Å². The second-order valence-electron chi connectivity index (χ2n) is 9.73. The molecular formula is C25H31FN2O8S. The third-order valence-electron chi connectivity index (χ3n) is 6.03. The van der Waals surface area contributed by atoms with Gasteiger partial charge in [-0.15, -0.1) is 0 Å². The van der Waals surface area contributed by atoms with E-state index in [1.807, 2.05) is 20.8 Å². The molecule has 1 heterocycles. The number of aliphatic carboxylic acids is 1. The highest BCUT2D eigenvalue weighted by Crippen LogP contribution is 2.40.